The maximum Gasteiger partial charge on any atom is 0.242 e. The van der Waals surface area contributed by atoms with Crippen LogP contribution < -0.4 is 9.64 Å². The molecule has 0 N–H and O–H groups in total. The minimum atomic E-state index is -0.151. The van der Waals surface area contributed by atoms with Gasteiger partial charge in [0.05, 0.1) is 19.3 Å². The first-order valence-corrected chi connectivity index (χ1v) is 7.24. The van der Waals surface area contributed by atoms with Gasteiger partial charge in [-0.25, -0.2) is 0 Å². The Morgan fingerprint density at radius 3 is 2.43 bits per heavy atom. The summed E-state index contributed by atoms with van der Waals surface area (Å²) in [5, 5.41) is 0. The smallest absolute Gasteiger partial charge is 0.242 e. The zero-order valence-electron chi connectivity index (χ0n) is 12.2. The van der Waals surface area contributed by atoms with Crippen LogP contribution in [0.1, 0.15) is 11.1 Å². The van der Waals surface area contributed by atoms with E-state index in [4.69, 9.17) is 16.3 Å². The lowest BCUT2D eigenvalue weighted by atomic mass is 10.1. The number of carbonyl (C=O) groups is 1. The molecule has 3 nitrogen and oxygen atoms in total. The van der Waals surface area contributed by atoms with E-state index in [1.165, 1.54) is 5.56 Å². The third kappa shape index (κ3) is 3.76. The highest BCUT2D eigenvalue weighted by Gasteiger charge is 2.18. The van der Waals surface area contributed by atoms with Gasteiger partial charge in [-0.15, -0.1) is 11.6 Å². The largest absolute Gasteiger partial charge is 0.495 e. The van der Waals surface area contributed by atoms with Crippen molar-refractivity contribution in [1.82, 2.24) is 0 Å². The lowest BCUT2D eigenvalue weighted by Gasteiger charge is -2.24. The number of aryl methyl sites for hydroxylation is 1. The molecule has 0 unspecified atom stereocenters. The average Bonchev–Trinajstić information content (AvgIpc) is 2.53. The van der Waals surface area contributed by atoms with Gasteiger partial charge < -0.3 is 9.64 Å². The summed E-state index contributed by atoms with van der Waals surface area (Å²) in [6.45, 7) is 2.50. The second-order valence-electron chi connectivity index (χ2n) is 4.77. The second-order valence-corrected chi connectivity index (χ2v) is 5.04. The van der Waals surface area contributed by atoms with Gasteiger partial charge in [-0.05, 0) is 24.6 Å². The zero-order valence-corrected chi connectivity index (χ0v) is 12.9. The van der Waals surface area contributed by atoms with Crippen LogP contribution in [-0.2, 0) is 11.3 Å². The Bertz CT molecular complexity index is 610. The number of rotatable bonds is 5. The molecule has 21 heavy (non-hydrogen) atoms. The highest BCUT2D eigenvalue weighted by molar-refractivity contribution is 6.29. The summed E-state index contributed by atoms with van der Waals surface area (Å²) >= 11 is 5.75. The number of hydrogen-bond acceptors (Lipinski definition) is 2. The predicted molar refractivity (Wildman–Crippen MR) is 86.1 cm³/mol. The minimum Gasteiger partial charge on any atom is -0.495 e. The topological polar surface area (TPSA) is 29.5 Å². The summed E-state index contributed by atoms with van der Waals surface area (Å²) < 4.78 is 5.34. The van der Waals surface area contributed by atoms with E-state index in [0.29, 0.717) is 12.3 Å². The highest BCUT2D eigenvalue weighted by atomic mass is 35.5. The molecule has 1 amide bonds. The fraction of sp³-hybridized carbons (Fsp3) is 0.235. The number of para-hydroxylation sites is 2. The van der Waals surface area contributed by atoms with Crippen molar-refractivity contribution in [3.8, 4) is 5.75 Å². The van der Waals surface area contributed by atoms with Crippen LogP contribution in [0.2, 0.25) is 0 Å². The number of benzene rings is 2. The van der Waals surface area contributed by atoms with E-state index in [-0.39, 0.29) is 11.8 Å². The Labute approximate surface area is 130 Å². The fourth-order valence-corrected chi connectivity index (χ4v) is 2.25. The van der Waals surface area contributed by atoms with Gasteiger partial charge in [0, 0.05) is 0 Å². The van der Waals surface area contributed by atoms with E-state index in [9.17, 15) is 4.79 Å². The summed E-state index contributed by atoms with van der Waals surface area (Å²) in [7, 11) is 1.59. The third-order valence-corrected chi connectivity index (χ3v) is 3.48. The summed E-state index contributed by atoms with van der Waals surface area (Å²) in [5.74, 6) is 0.439. The van der Waals surface area contributed by atoms with Crippen molar-refractivity contribution < 1.29 is 9.53 Å². The van der Waals surface area contributed by atoms with Gasteiger partial charge in [-0.2, -0.15) is 0 Å². The van der Waals surface area contributed by atoms with Crippen molar-refractivity contribution in [3.05, 3.63) is 59.7 Å². The molecule has 0 heterocycles. The van der Waals surface area contributed by atoms with Crippen molar-refractivity contribution in [2.45, 2.75) is 13.5 Å². The number of carbonyl (C=O) groups excluding carboxylic acids is 1. The van der Waals surface area contributed by atoms with Crippen LogP contribution in [0.4, 0.5) is 5.69 Å². The maximum absolute atomic E-state index is 12.2. The molecule has 0 atom stereocenters. The van der Waals surface area contributed by atoms with E-state index in [1.54, 1.807) is 12.0 Å². The standard InChI is InChI=1S/C17H18ClNO2/c1-13-7-9-14(10-8-13)12-19(17(20)11-18)15-5-3-4-6-16(15)21-2/h3-10H,11-12H2,1-2H3. The van der Waals surface area contributed by atoms with Crippen molar-refractivity contribution in [3.63, 3.8) is 0 Å². The first kappa shape index (κ1) is 15.4. The van der Waals surface area contributed by atoms with E-state index in [1.807, 2.05) is 55.5 Å². The molecule has 0 aliphatic carbocycles. The SMILES string of the molecule is COc1ccccc1N(Cc1ccc(C)cc1)C(=O)CCl. The van der Waals surface area contributed by atoms with Gasteiger partial charge in [0.25, 0.3) is 0 Å². The number of methoxy groups -OCH3 is 1. The maximum atomic E-state index is 12.2. The summed E-state index contributed by atoms with van der Waals surface area (Å²) in [6.07, 6.45) is 0. The van der Waals surface area contributed by atoms with Crippen LogP contribution >= 0.6 is 11.6 Å². The van der Waals surface area contributed by atoms with Gasteiger partial charge in [-0.1, -0.05) is 42.0 Å². The first-order chi connectivity index (χ1) is 10.2. The molecule has 0 spiro atoms. The monoisotopic (exact) mass is 303 g/mol. The van der Waals surface area contributed by atoms with E-state index in [2.05, 4.69) is 0 Å². The Hall–Kier alpha value is -2.00. The molecule has 0 aliphatic heterocycles. The first-order valence-electron chi connectivity index (χ1n) is 6.70. The number of hydrogen-bond donors (Lipinski definition) is 0. The average molecular weight is 304 g/mol. The Kier molecular flexibility index (Phi) is 5.23. The molecule has 110 valence electrons. The van der Waals surface area contributed by atoms with Crippen LogP contribution in [0.25, 0.3) is 0 Å². The van der Waals surface area contributed by atoms with Gasteiger partial charge in [-0.3, -0.25) is 4.79 Å². The molecule has 0 aliphatic rings. The summed E-state index contributed by atoms with van der Waals surface area (Å²) in [5.41, 5.74) is 2.96. The van der Waals surface area contributed by atoms with Gasteiger partial charge in [0.2, 0.25) is 5.91 Å². The normalized spacial score (nSPS) is 10.2. The number of ether oxygens (including phenoxy) is 1. The number of amides is 1. The van der Waals surface area contributed by atoms with E-state index >= 15 is 0 Å². The molecular formula is C17H18ClNO2. The molecule has 0 bridgehead atoms. The summed E-state index contributed by atoms with van der Waals surface area (Å²) in [6, 6.07) is 15.5. The van der Waals surface area contributed by atoms with Gasteiger partial charge >= 0.3 is 0 Å². The van der Waals surface area contributed by atoms with Crippen LogP contribution in [0.3, 0.4) is 0 Å². The van der Waals surface area contributed by atoms with Gasteiger partial charge in [0.15, 0.2) is 0 Å². The fourth-order valence-electron chi connectivity index (χ4n) is 2.11. The molecule has 2 aromatic rings. The molecule has 0 radical (unpaired) electrons. The molecular weight excluding hydrogens is 286 g/mol. The van der Waals surface area contributed by atoms with E-state index in [0.717, 1.165) is 11.3 Å². The quantitative estimate of drug-likeness (QED) is 0.787. The lowest BCUT2D eigenvalue weighted by Crippen LogP contribution is -2.31. The molecule has 0 fully saturated rings. The van der Waals surface area contributed by atoms with Crippen molar-refractivity contribution in [2.24, 2.45) is 0 Å². The Balaban J connectivity index is 2.34. The zero-order chi connectivity index (χ0) is 15.2. The highest BCUT2D eigenvalue weighted by Crippen LogP contribution is 2.29. The molecule has 4 heteroatoms. The third-order valence-electron chi connectivity index (χ3n) is 3.25. The number of alkyl halides is 1. The second kappa shape index (κ2) is 7.14. The Morgan fingerprint density at radius 2 is 1.81 bits per heavy atom. The number of halogens is 1. The van der Waals surface area contributed by atoms with Crippen molar-refractivity contribution in [2.75, 3.05) is 17.9 Å². The molecule has 0 saturated carbocycles. The van der Waals surface area contributed by atoms with Crippen molar-refractivity contribution >= 4 is 23.2 Å². The molecule has 2 rings (SSSR count). The summed E-state index contributed by atoms with van der Waals surface area (Å²) in [4.78, 5) is 13.8. The van der Waals surface area contributed by atoms with E-state index < -0.39 is 0 Å². The number of anilines is 1. The number of nitrogens with zero attached hydrogens (tertiary/aromatic N) is 1. The molecule has 0 saturated heterocycles. The van der Waals surface area contributed by atoms with Crippen LogP contribution in [-0.4, -0.2) is 18.9 Å². The minimum absolute atomic E-state index is 0.0656. The van der Waals surface area contributed by atoms with Crippen molar-refractivity contribution in [1.29, 1.82) is 0 Å². The van der Waals surface area contributed by atoms with Crippen LogP contribution in [0.5, 0.6) is 5.75 Å². The predicted octanol–water partition coefficient (Wildman–Crippen LogP) is 3.78. The lowest BCUT2D eigenvalue weighted by molar-refractivity contribution is -0.116. The molecule has 2 aromatic carbocycles. The van der Waals surface area contributed by atoms with Gasteiger partial charge in [0.1, 0.15) is 11.6 Å². The van der Waals surface area contributed by atoms with Crippen LogP contribution in [0.15, 0.2) is 48.5 Å². The molecule has 0 aromatic heterocycles. The Morgan fingerprint density at radius 1 is 1.14 bits per heavy atom. The van der Waals surface area contributed by atoms with Crippen LogP contribution in [0, 0.1) is 6.92 Å².